The molecule has 1 unspecified atom stereocenters. The molecule has 1 amide bonds. The van der Waals surface area contributed by atoms with Crippen molar-refractivity contribution in [3.63, 3.8) is 0 Å². The number of amides is 1. The van der Waals surface area contributed by atoms with E-state index in [1.54, 1.807) is 11.8 Å². The van der Waals surface area contributed by atoms with Gasteiger partial charge in [-0.3, -0.25) is 14.5 Å². The van der Waals surface area contributed by atoms with Gasteiger partial charge in [-0.2, -0.15) is 0 Å². The lowest BCUT2D eigenvalue weighted by Gasteiger charge is -2.26. The van der Waals surface area contributed by atoms with Gasteiger partial charge in [0.1, 0.15) is 13.2 Å². The number of carboxylic acids is 1. The van der Waals surface area contributed by atoms with E-state index in [4.69, 9.17) is 14.6 Å². The first kappa shape index (κ1) is 22.1. The fourth-order valence-corrected chi connectivity index (χ4v) is 2.76. The second kappa shape index (κ2) is 10.9. The highest BCUT2D eigenvalue weighted by molar-refractivity contribution is 5.85. The standard InChI is InChI=1S/C18H26N2O5.ClH/c1-3-8-20(12-17(21)22)13(2)18(23)19-7-6-14-4-5-15-16(11-14)25-10-9-24-15;/h4-5,11,13H,3,6-10,12H2,1-2H3,(H,19,23)(H,21,22);1H. The van der Waals surface area contributed by atoms with Crippen LogP contribution in [0.2, 0.25) is 0 Å². The SMILES string of the molecule is CCCN(CC(=O)O)C(C)C(=O)NCCc1ccc2c(c1)OCCO2.Cl. The summed E-state index contributed by atoms with van der Waals surface area (Å²) in [6.07, 6.45) is 1.46. The first-order chi connectivity index (χ1) is 12.0. The first-order valence-corrected chi connectivity index (χ1v) is 8.63. The fourth-order valence-electron chi connectivity index (χ4n) is 2.76. The summed E-state index contributed by atoms with van der Waals surface area (Å²) < 4.78 is 11.0. The molecule has 0 bridgehead atoms. The van der Waals surface area contributed by atoms with E-state index < -0.39 is 12.0 Å². The summed E-state index contributed by atoms with van der Waals surface area (Å²) in [6, 6.07) is 5.29. The summed E-state index contributed by atoms with van der Waals surface area (Å²) >= 11 is 0. The smallest absolute Gasteiger partial charge is 0.317 e. The minimum absolute atomic E-state index is 0. The van der Waals surface area contributed by atoms with Crippen molar-refractivity contribution in [2.45, 2.75) is 32.7 Å². The summed E-state index contributed by atoms with van der Waals surface area (Å²) in [5.74, 6) is 0.396. The monoisotopic (exact) mass is 386 g/mol. The molecule has 1 aromatic rings. The molecule has 146 valence electrons. The molecule has 0 saturated heterocycles. The molecule has 0 radical (unpaired) electrons. The molecule has 1 atom stereocenters. The van der Waals surface area contributed by atoms with Crippen LogP contribution in [0.5, 0.6) is 11.5 Å². The van der Waals surface area contributed by atoms with Crippen LogP contribution in [-0.2, 0) is 16.0 Å². The van der Waals surface area contributed by atoms with Gasteiger partial charge in [-0.25, -0.2) is 0 Å². The summed E-state index contributed by atoms with van der Waals surface area (Å²) in [5, 5.41) is 11.8. The van der Waals surface area contributed by atoms with Gasteiger partial charge in [-0.05, 0) is 44.0 Å². The van der Waals surface area contributed by atoms with Gasteiger partial charge in [-0.15, -0.1) is 12.4 Å². The van der Waals surface area contributed by atoms with E-state index in [-0.39, 0.29) is 24.9 Å². The average Bonchev–Trinajstić information content (AvgIpc) is 2.60. The number of aliphatic carboxylic acids is 1. The van der Waals surface area contributed by atoms with Crippen LogP contribution in [0.3, 0.4) is 0 Å². The molecule has 0 aromatic heterocycles. The topological polar surface area (TPSA) is 88.1 Å². The second-order valence-electron chi connectivity index (χ2n) is 6.06. The van der Waals surface area contributed by atoms with E-state index in [0.717, 1.165) is 23.5 Å². The molecule has 0 aliphatic carbocycles. The quantitative estimate of drug-likeness (QED) is 0.672. The highest BCUT2D eigenvalue weighted by Gasteiger charge is 2.22. The zero-order valence-electron chi connectivity index (χ0n) is 15.2. The third-order valence-corrected chi connectivity index (χ3v) is 4.10. The molecule has 0 spiro atoms. The van der Waals surface area contributed by atoms with Crippen molar-refractivity contribution < 1.29 is 24.2 Å². The Balaban J connectivity index is 0.00000338. The molecule has 1 aromatic carbocycles. The number of carboxylic acid groups (broad SMARTS) is 1. The normalized spacial score (nSPS) is 13.7. The van der Waals surface area contributed by atoms with Crippen molar-refractivity contribution in [1.29, 1.82) is 0 Å². The zero-order chi connectivity index (χ0) is 18.2. The number of ether oxygens (including phenoxy) is 2. The molecule has 8 heteroatoms. The van der Waals surface area contributed by atoms with Gasteiger partial charge in [-0.1, -0.05) is 13.0 Å². The number of halogens is 1. The maximum Gasteiger partial charge on any atom is 0.317 e. The highest BCUT2D eigenvalue weighted by atomic mass is 35.5. The molecule has 1 aliphatic rings. The summed E-state index contributed by atoms with van der Waals surface area (Å²) in [4.78, 5) is 24.9. The molecule has 2 N–H and O–H groups in total. The average molecular weight is 387 g/mol. The van der Waals surface area contributed by atoms with E-state index in [1.807, 2.05) is 25.1 Å². The Hall–Kier alpha value is -1.99. The molecule has 0 saturated carbocycles. The lowest BCUT2D eigenvalue weighted by Crippen LogP contribution is -2.47. The predicted molar refractivity (Wildman–Crippen MR) is 100 cm³/mol. The molecule has 0 fully saturated rings. The number of rotatable bonds is 9. The summed E-state index contributed by atoms with van der Waals surface area (Å²) in [5.41, 5.74) is 1.05. The van der Waals surface area contributed by atoms with Crippen LogP contribution >= 0.6 is 12.4 Å². The number of nitrogens with one attached hydrogen (secondary N) is 1. The molecule has 1 heterocycles. The first-order valence-electron chi connectivity index (χ1n) is 8.63. The number of nitrogens with zero attached hydrogens (tertiary/aromatic N) is 1. The van der Waals surface area contributed by atoms with Crippen molar-refractivity contribution in [1.82, 2.24) is 10.2 Å². The van der Waals surface area contributed by atoms with Crippen molar-refractivity contribution >= 4 is 24.3 Å². The van der Waals surface area contributed by atoms with Crippen molar-refractivity contribution in [2.24, 2.45) is 0 Å². The minimum Gasteiger partial charge on any atom is -0.486 e. The molecule has 2 rings (SSSR count). The number of carbonyl (C=O) groups is 2. The van der Waals surface area contributed by atoms with Crippen LogP contribution in [0.15, 0.2) is 18.2 Å². The number of benzene rings is 1. The van der Waals surface area contributed by atoms with Gasteiger partial charge in [0.15, 0.2) is 11.5 Å². The van der Waals surface area contributed by atoms with Crippen molar-refractivity contribution in [3.05, 3.63) is 23.8 Å². The van der Waals surface area contributed by atoms with Gasteiger partial charge in [0.25, 0.3) is 0 Å². The van der Waals surface area contributed by atoms with Gasteiger partial charge >= 0.3 is 5.97 Å². The Kier molecular flexibility index (Phi) is 9.23. The maximum atomic E-state index is 12.3. The molecule has 7 nitrogen and oxygen atoms in total. The van der Waals surface area contributed by atoms with Gasteiger partial charge < -0.3 is 19.9 Å². The number of fused-ring (bicyclic) bond motifs is 1. The van der Waals surface area contributed by atoms with Gasteiger partial charge in [0, 0.05) is 6.54 Å². The third-order valence-electron chi connectivity index (χ3n) is 4.10. The summed E-state index contributed by atoms with van der Waals surface area (Å²) in [6.45, 7) is 5.72. The lowest BCUT2D eigenvalue weighted by atomic mass is 10.1. The van der Waals surface area contributed by atoms with Gasteiger partial charge in [0.05, 0.1) is 12.6 Å². The summed E-state index contributed by atoms with van der Waals surface area (Å²) in [7, 11) is 0. The van der Waals surface area contributed by atoms with Crippen LogP contribution in [0, 0.1) is 0 Å². The third kappa shape index (κ3) is 6.38. The van der Waals surface area contributed by atoms with Crippen LogP contribution in [0.1, 0.15) is 25.8 Å². The molecular weight excluding hydrogens is 360 g/mol. The van der Waals surface area contributed by atoms with Crippen LogP contribution in [-0.4, -0.2) is 60.8 Å². The molecular formula is C18H27ClN2O5. The Morgan fingerprint density at radius 3 is 2.62 bits per heavy atom. The lowest BCUT2D eigenvalue weighted by molar-refractivity contribution is -0.139. The van der Waals surface area contributed by atoms with E-state index in [0.29, 0.717) is 32.7 Å². The van der Waals surface area contributed by atoms with E-state index in [9.17, 15) is 9.59 Å². The second-order valence-corrected chi connectivity index (χ2v) is 6.06. The number of carbonyl (C=O) groups excluding carboxylic acids is 1. The van der Waals surface area contributed by atoms with E-state index >= 15 is 0 Å². The molecule has 26 heavy (non-hydrogen) atoms. The van der Waals surface area contributed by atoms with Crippen LogP contribution < -0.4 is 14.8 Å². The predicted octanol–water partition coefficient (Wildman–Crippen LogP) is 1.72. The zero-order valence-corrected chi connectivity index (χ0v) is 16.0. The number of hydrogen-bond donors (Lipinski definition) is 2. The maximum absolute atomic E-state index is 12.3. The van der Waals surface area contributed by atoms with Crippen molar-refractivity contribution in [2.75, 3.05) is 32.8 Å². The van der Waals surface area contributed by atoms with Gasteiger partial charge in [0.2, 0.25) is 5.91 Å². The van der Waals surface area contributed by atoms with Crippen LogP contribution in [0.4, 0.5) is 0 Å². The Morgan fingerprint density at radius 1 is 1.27 bits per heavy atom. The largest absolute Gasteiger partial charge is 0.486 e. The Labute approximate surface area is 160 Å². The van der Waals surface area contributed by atoms with E-state index in [1.165, 1.54) is 0 Å². The Morgan fingerprint density at radius 2 is 1.96 bits per heavy atom. The van der Waals surface area contributed by atoms with E-state index in [2.05, 4.69) is 5.32 Å². The Bertz CT molecular complexity index is 611. The van der Waals surface area contributed by atoms with Crippen LogP contribution in [0.25, 0.3) is 0 Å². The highest BCUT2D eigenvalue weighted by Crippen LogP contribution is 2.30. The minimum atomic E-state index is -0.927. The number of hydrogen-bond acceptors (Lipinski definition) is 5. The molecule has 1 aliphatic heterocycles. The van der Waals surface area contributed by atoms with Crippen molar-refractivity contribution in [3.8, 4) is 11.5 Å². The fraction of sp³-hybridized carbons (Fsp3) is 0.556.